The van der Waals surface area contributed by atoms with Crippen LogP contribution in [0.3, 0.4) is 0 Å². The Morgan fingerprint density at radius 2 is 2.12 bits per heavy atom. The van der Waals surface area contributed by atoms with Gasteiger partial charge in [0.15, 0.2) is 5.69 Å². The van der Waals surface area contributed by atoms with Crippen LogP contribution >= 0.6 is 12.4 Å². The molecule has 0 saturated carbocycles. The van der Waals surface area contributed by atoms with Gasteiger partial charge in [0.2, 0.25) is 0 Å². The molecule has 0 unspecified atom stereocenters. The van der Waals surface area contributed by atoms with E-state index in [4.69, 9.17) is 10.8 Å². The fraction of sp³-hybridized carbons (Fsp3) is 0. The fourth-order valence-electron chi connectivity index (χ4n) is 1.31. The van der Waals surface area contributed by atoms with Crippen molar-refractivity contribution >= 4 is 24.1 Å². The molecule has 0 saturated heterocycles. The van der Waals surface area contributed by atoms with Crippen LogP contribution < -0.4 is 5.73 Å². The van der Waals surface area contributed by atoms with E-state index in [9.17, 15) is 9.18 Å². The van der Waals surface area contributed by atoms with Gasteiger partial charge in [0.1, 0.15) is 5.82 Å². The van der Waals surface area contributed by atoms with Gasteiger partial charge in [-0.3, -0.25) is 0 Å². The second-order valence-electron chi connectivity index (χ2n) is 3.15. The van der Waals surface area contributed by atoms with Crippen molar-refractivity contribution in [1.29, 1.82) is 0 Å². The summed E-state index contributed by atoms with van der Waals surface area (Å²) in [7, 11) is 0. The Morgan fingerprint density at radius 3 is 2.65 bits per heavy atom. The Morgan fingerprint density at radius 1 is 1.41 bits per heavy atom. The molecule has 90 valence electrons. The third-order valence-electron chi connectivity index (χ3n) is 2.04. The number of carbonyl (C=O) groups is 1. The number of anilines is 1. The molecule has 0 amide bonds. The van der Waals surface area contributed by atoms with Gasteiger partial charge in [-0.1, -0.05) is 0 Å². The molecule has 1 heterocycles. The summed E-state index contributed by atoms with van der Waals surface area (Å²) in [5, 5.41) is 12.5. The Bertz CT molecular complexity index is 556. The number of carboxylic acids is 1. The average Bonchev–Trinajstić information content (AvgIpc) is 2.66. The second-order valence-corrected chi connectivity index (χ2v) is 3.15. The average molecular weight is 258 g/mol. The first-order chi connectivity index (χ1) is 7.58. The van der Waals surface area contributed by atoms with Crippen LogP contribution in [0.1, 0.15) is 10.5 Å². The van der Waals surface area contributed by atoms with E-state index in [0.717, 1.165) is 6.07 Å². The predicted molar refractivity (Wildman–Crippen MR) is 62.1 cm³/mol. The van der Waals surface area contributed by atoms with Crippen LogP contribution in [0.4, 0.5) is 10.1 Å². The lowest BCUT2D eigenvalue weighted by atomic mass is 10.2. The lowest BCUT2D eigenvalue weighted by Gasteiger charge is -2.04. The fourth-order valence-corrected chi connectivity index (χ4v) is 1.31. The van der Waals surface area contributed by atoms with Gasteiger partial charge in [-0.25, -0.2) is 13.9 Å². The van der Waals surface area contributed by atoms with E-state index in [2.05, 4.69) is 5.10 Å². The maximum absolute atomic E-state index is 12.8. The summed E-state index contributed by atoms with van der Waals surface area (Å²) in [5.74, 6) is -1.58. The van der Waals surface area contributed by atoms with E-state index in [1.165, 1.54) is 29.1 Å². The monoisotopic (exact) mass is 257 g/mol. The maximum Gasteiger partial charge on any atom is 0.356 e. The molecule has 0 fully saturated rings. The van der Waals surface area contributed by atoms with Crippen molar-refractivity contribution in [2.24, 2.45) is 0 Å². The van der Waals surface area contributed by atoms with Crippen LogP contribution in [0, 0.1) is 5.82 Å². The van der Waals surface area contributed by atoms with E-state index in [0.29, 0.717) is 5.69 Å². The smallest absolute Gasteiger partial charge is 0.356 e. The van der Waals surface area contributed by atoms with E-state index in [1.807, 2.05) is 0 Å². The molecule has 0 atom stereocenters. The first-order valence-electron chi connectivity index (χ1n) is 4.42. The zero-order valence-electron chi connectivity index (χ0n) is 8.50. The Labute approximate surface area is 102 Å². The van der Waals surface area contributed by atoms with Crippen molar-refractivity contribution in [3.8, 4) is 5.69 Å². The molecule has 5 nitrogen and oxygen atoms in total. The van der Waals surface area contributed by atoms with Crippen LogP contribution in [0.15, 0.2) is 30.5 Å². The summed E-state index contributed by atoms with van der Waals surface area (Å²) in [6, 6.07) is 5.15. The summed E-state index contributed by atoms with van der Waals surface area (Å²) in [6.45, 7) is 0. The van der Waals surface area contributed by atoms with Crippen LogP contribution in [-0.2, 0) is 0 Å². The molecule has 2 aromatic rings. The number of halogens is 2. The zero-order valence-corrected chi connectivity index (χ0v) is 9.32. The second kappa shape index (κ2) is 4.84. The van der Waals surface area contributed by atoms with E-state index in [-0.39, 0.29) is 23.8 Å². The van der Waals surface area contributed by atoms with Gasteiger partial charge in [0, 0.05) is 6.20 Å². The molecule has 17 heavy (non-hydrogen) atoms. The molecular formula is C10H9ClFN3O2. The number of nitrogen functional groups attached to an aromatic ring is 1. The van der Waals surface area contributed by atoms with Gasteiger partial charge in [-0.2, -0.15) is 5.10 Å². The van der Waals surface area contributed by atoms with E-state index >= 15 is 0 Å². The van der Waals surface area contributed by atoms with Gasteiger partial charge in [-0.15, -0.1) is 12.4 Å². The number of hydrogen-bond donors (Lipinski definition) is 2. The van der Waals surface area contributed by atoms with E-state index in [1.54, 1.807) is 0 Å². The number of aromatic nitrogens is 2. The largest absolute Gasteiger partial charge is 0.476 e. The summed E-state index contributed by atoms with van der Waals surface area (Å²) in [6.07, 6.45) is 1.45. The van der Waals surface area contributed by atoms with Gasteiger partial charge in [0.05, 0.1) is 11.4 Å². The van der Waals surface area contributed by atoms with Crippen molar-refractivity contribution in [2.45, 2.75) is 0 Å². The SMILES string of the molecule is Cl.Nc1cc(F)ccc1-n1ccc(C(=O)O)n1. The number of benzene rings is 1. The Balaban J connectivity index is 0.00000144. The highest BCUT2D eigenvalue weighted by Crippen LogP contribution is 2.17. The molecule has 2 rings (SSSR count). The minimum Gasteiger partial charge on any atom is -0.476 e. The van der Waals surface area contributed by atoms with Crippen molar-refractivity contribution in [3.05, 3.63) is 42.0 Å². The molecule has 1 aromatic heterocycles. The van der Waals surface area contributed by atoms with Crippen LogP contribution in [-0.4, -0.2) is 20.9 Å². The van der Waals surface area contributed by atoms with Gasteiger partial charge < -0.3 is 10.8 Å². The number of carboxylic acid groups (broad SMARTS) is 1. The molecule has 0 bridgehead atoms. The van der Waals surface area contributed by atoms with Crippen LogP contribution in [0.25, 0.3) is 5.69 Å². The predicted octanol–water partition coefficient (Wildman–Crippen LogP) is 1.71. The van der Waals surface area contributed by atoms with Gasteiger partial charge in [-0.05, 0) is 24.3 Å². The maximum atomic E-state index is 12.8. The number of nitrogens with zero attached hydrogens (tertiary/aromatic N) is 2. The van der Waals surface area contributed by atoms with Crippen LogP contribution in [0.2, 0.25) is 0 Å². The first-order valence-corrected chi connectivity index (χ1v) is 4.42. The Hall–Kier alpha value is -2.08. The first kappa shape index (κ1) is 13.0. The summed E-state index contributed by atoms with van der Waals surface area (Å²) >= 11 is 0. The Kier molecular flexibility index (Phi) is 3.69. The topological polar surface area (TPSA) is 81.1 Å². The quantitative estimate of drug-likeness (QED) is 0.803. The third kappa shape index (κ3) is 2.54. The lowest BCUT2D eigenvalue weighted by molar-refractivity contribution is 0.0690. The highest BCUT2D eigenvalue weighted by Gasteiger charge is 2.09. The summed E-state index contributed by atoms with van der Waals surface area (Å²) in [5.41, 5.74) is 6.13. The third-order valence-corrected chi connectivity index (χ3v) is 2.04. The van der Waals surface area contributed by atoms with Crippen molar-refractivity contribution in [3.63, 3.8) is 0 Å². The zero-order chi connectivity index (χ0) is 11.7. The summed E-state index contributed by atoms with van der Waals surface area (Å²) in [4.78, 5) is 10.6. The molecule has 3 N–H and O–H groups in total. The van der Waals surface area contributed by atoms with Gasteiger partial charge in [0.25, 0.3) is 0 Å². The van der Waals surface area contributed by atoms with E-state index < -0.39 is 11.8 Å². The normalized spacial score (nSPS) is 9.71. The summed E-state index contributed by atoms with van der Waals surface area (Å²) < 4.78 is 14.1. The number of rotatable bonds is 2. The molecule has 0 aliphatic carbocycles. The molecular weight excluding hydrogens is 249 g/mol. The molecule has 0 aliphatic heterocycles. The molecule has 0 radical (unpaired) electrons. The molecule has 1 aromatic carbocycles. The highest BCUT2D eigenvalue weighted by molar-refractivity contribution is 5.85. The number of aromatic carboxylic acids is 1. The van der Waals surface area contributed by atoms with Crippen molar-refractivity contribution in [2.75, 3.05) is 5.73 Å². The van der Waals surface area contributed by atoms with Crippen molar-refractivity contribution in [1.82, 2.24) is 9.78 Å². The number of nitrogens with two attached hydrogens (primary N) is 1. The lowest BCUT2D eigenvalue weighted by Crippen LogP contribution is -2.03. The standard InChI is InChI=1S/C10H8FN3O2.ClH/c11-6-1-2-9(7(12)5-6)14-4-3-8(13-14)10(15)16;/h1-5H,12H2,(H,15,16);1H. The minimum absolute atomic E-state index is 0. The highest BCUT2D eigenvalue weighted by atomic mass is 35.5. The minimum atomic E-state index is -1.13. The molecule has 0 aliphatic rings. The molecule has 7 heteroatoms. The van der Waals surface area contributed by atoms with Crippen molar-refractivity contribution < 1.29 is 14.3 Å². The molecule has 0 spiro atoms. The number of hydrogen-bond acceptors (Lipinski definition) is 3. The van der Waals surface area contributed by atoms with Crippen LogP contribution in [0.5, 0.6) is 0 Å². The van der Waals surface area contributed by atoms with Gasteiger partial charge >= 0.3 is 5.97 Å².